The molecular weight excluding hydrogens is 356 g/mol. The van der Waals surface area contributed by atoms with E-state index in [0.717, 1.165) is 10.8 Å². The molecule has 1 atom stereocenters. The SMILES string of the molecule is CC(=O)NCCN(C(=O)c1cc(C)n(-c2nccs2)c1C)C(C)C(=O)O. The molecule has 9 heteroatoms. The van der Waals surface area contributed by atoms with Gasteiger partial charge >= 0.3 is 5.97 Å². The van der Waals surface area contributed by atoms with Crippen molar-refractivity contribution in [1.82, 2.24) is 19.8 Å². The fourth-order valence-corrected chi connectivity index (χ4v) is 3.46. The third-order valence-electron chi connectivity index (χ3n) is 4.08. The van der Waals surface area contributed by atoms with Crippen molar-refractivity contribution < 1.29 is 19.5 Å². The average Bonchev–Trinajstić information content (AvgIpc) is 3.18. The molecule has 2 N–H and O–H groups in total. The molecular formula is C17H22N4O4S. The van der Waals surface area contributed by atoms with Gasteiger partial charge in [-0.3, -0.25) is 14.2 Å². The molecule has 8 nitrogen and oxygen atoms in total. The van der Waals surface area contributed by atoms with Gasteiger partial charge in [0.15, 0.2) is 5.13 Å². The van der Waals surface area contributed by atoms with Gasteiger partial charge in [-0.1, -0.05) is 0 Å². The normalized spacial score (nSPS) is 11.8. The molecule has 0 fully saturated rings. The number of aromatic nitrogens is 2. The Morgan fingerprint density at radius 2 is 2.08 bits per heavy atom. The molecule has 0 bridgehead atoms. The summed E-state index contributed by atoms with van der Waals surface area (Å²) in [4.78, 5) is 41.1. The number of aliphatic carboxylic acids is 1. The van der Waals surface area contributed by atoms with Gasteiger partial charge in [0.1, 0.15) is 6.04 Å². The first-order valence-corrected chi connectivity index (χ1v) is 8.99. The maximum Gasteiger partial charge on any atom is 0.326 e. The number of nitrogens with one attached hydrogen (secondary N) is 1. The third-order valence-corrected chi connectivity index (χ3v) is 4.84. The number of carbonyl (C=O) groups is 3. The van der Waals surface area contributed by atoms with E-state index in [1.54, 1.807) is 19.2 Å². The largest absolute Gasteiger partial charge is 0.480 e. The van der Waals surface area contributed by atoms with Crippen molar-refractivity contribution >= 4 is 29.1 Å². The Morgan fingerprint density at radius 1 is 1.38 bits per heavy atom. The minimum Gasteiger partial charge on any atom is -0.480 e. The van der Waals surface area contributed by atoms with E-state index in [2.05, 4.69) is 10.3 Å². The summed E-state index contributed by atoms with van der Waals surface area (Å²) >= 11 is 1.45. The zero-order valence-electron chi connectivity index (χ0n) is 15.1. The van der Waals surface area contributed by atoms with Crippen LogP contribution in [0.1, 0.15) is 35.6 Å². The zero-order valence-corrected chi connectivity index (χ0v) is 16.0. The molecule has 0 aliphatic heterocycles. The van der Waals surface area contributed by atoms with Gasteiger partial charge in [-0.25, -0.2) is 9.78 Å². The van der Waals surface area contributed by atoms with Gasteiger partial charge in [0.05, 0.1) is 5.56 Å². The van der Waals surface area contributed by atoms with Crippen molar-refractivity contribution in [1.29, 1.82) is 0 Å². The number of hydrogen-bond acceptors (Lipinski definition) is 5. The standard InChI is InChI=1S/C17H22N4O4S/c1-10-9-14(11(2)21(10)17-19-6-8-26-17)15(23)20(12(3)16(24)25)7-5-18-13(4)22/h6,8-9,12H,5,7H2,1-4H3,(H,18,22)(H,24,25). The van der Waals surface area contributed by atoms with Crippen LogP contribution in [0.15, 0.2) is 17.6 Å². The predicted molar refractivity (Wildman–Crippen MR) is 97.7 cm³/mol. The monoisotopic (exact) mass is 378 g/mol. The fraction of sp³-hybridized carbons (Fsp3) is 0.412. The van der Waals surface area contributed by atoms with Gasteiger partial charge in [0.2, 0.25) is 5.91 Å². The molecule has 0 aromatic carbocycles. The number of carbonyl (C=O) groups excluding carboxylic acids is 2. The van der Waals surface area contributed by atoms with Gasteiger partial charge in [-0.15, -0.1) is 11.3 Å². The van der Waals surface area contributed by atoms with Crippen LogP contribution in [0, 0.1) is 13.8 Å². The average molecular weight is 378 g/mol. The highest BCUT2D eigenvalue weighted by molar-refractivity contribution is 7.12. The van der Waals surface area contributed by atoms with E-state index in [9.17, 15) is 19.5 Å². The third kappa shape index (κ3) is 4.10. The van der Waals surface area contributed by atoms with E-state index in [-0.39, 0.29) is 24.9 Å². The van der Waals surface area contributed by atoms with Crippen molar-refractivity contribution in [2.75, 3.05) is 13.1 Å². The van der Waals surface area contributed by atoms with Crippen molar-refractivity contribution in [3.8, 4) is 5.13 Å². The van der Waals surface area contributed by atoms with Gasteiger partial charge in [-0.05, 0) is 26.8 Å². The van der Waals surface area contributed by atoms with Crippen LogP contribution in [0.2, 0.25) is 0 Å². The Balaban J connectivity index is 2.34. The molecule has 26 heavy (non-hydrogen) atoms. The maximum absolute atomic E-state index is 13.0. The fourth-order valence-electron chi connectivity index (χ4n) is 2.71. The topological polar surface area (TPSA) is 105 Å². The van der Waals surface area contributed by atoms with Crippen LogP contribution in [0.3, 0.4) is 0 Å². The summed E-state index contributed by atoms with van der Waals surface area (Å²) in [5.74, 6) is -1.72. The van der Waals surface area contributed by atoms with Crippen LogP contribution in [-0.4, -0.2) is 56.5 Å². The van der Waals surface area contributed by atoms with Crippen LogP contribution < -0.4 is 5.32 Å². The summed E-state index contributed by atoms with van der Waals surface area (Å²) in [5.41, 5.74) is 1.96. The Bertz CT molecular complexity index is 813. The molecule has 0 radical (unpaired) electrons. The van der Waals surface area contributed by atoms with Crippen molar-refractivity contribution in [2.45, 2.75) is 33.7 Å². The molecule has 2 aromatic heterocycles. The van der Waals surface area contributed by atoms with Crippen LogP contribution >= 0.6 is 11.3 Å². The molecule has 2 amide bonds. The predicted octanol–water partition coefficient (Wildman–Crippen LogP) is 1.60. The van der Waals surface area contributed by atoms with Crippen LogP contribution in [0.25, 0.3) is 5.13 Å². The first kappa shape index (κ1) is 19.6. The van der Waals surface area contributed by atoms with Crippen LogP contribution in [-0.2, 0) is 9.59 Å². The van der Waals surface area contributed by atoms with Crippen LogP contribution in [0.5, 0.6) is 0 Å². The van der Waals surface area contributed by atoms with Gasteiger partial charge in [0, 0.05) is 43.0 Å². The molecule has 2 heterocycles. The molecule has 0 saturated carbocycles. The molecule has 0 aliphatic carbocycles. The molecule has 0 spiro atoms. The Hall–Kier alpha value is -2.68. The number of thiazole rings is 1. The molecule has 0 aliphatic rings. The lowest BCUT2D eigenvalue weighted by Crippen LogP contribution is -2.46. The summed E-state index contributed by atoms with van der Waals surface area (Å²) in [6.07, 6.45) is 1.69. The minimum absolute atomic E-state index is 0.104. The van der Waals surface area contributed by atoms with E-state index in [0.29, 0.717) is 11.3 Å². The summed E-state index contributed by atoms with van der Waals surface area (Å²) in [7, 11) is 0. The highest BCUT2D eigenvalue weighted by Crippen LogP contribution is 2.23. The first-order valence-electron chi connectivity index (χ1n) is 8.11. The molecule has 2 rings (SSSR count). The number of amides is 2. The summed E-state index contributed by atoms with van der Waals surface area (Å²) in [5, 5.41) is 14.5. The second-order valence-corrected chi connectivity index (χ2v) is 6.80. The lowest BCUT2D eigenvalue weighted by molar-refractivity contribution is -0.141. The molecule has 2 aromatic rings. The Labute approximate surface area is 155 Å². The van der Waals surface area contributed by atoms with Gasteiger partial charge < -0.3 is 15.3 Å². The van der Waals surface area contributed by atoms with Crippen molar-refractivity contribution in [3.05, 3.63) is 34.6 Å². The summed E-state index contributed by atoms with van der Waals surface area (Å²) in [6, 6.07) is 0.721. The number of nitrogens with zero attached hydrogens (tertiary/aromatic N) is 3. The van der Waals surface area contributed by atoms with Crippen molar-refractivity contribution in [2.24, 2.45) is 0 Å². The number of carboxylic acids is 1. The first-order chi connectivity index (χ1) is 12.2. The zero-order chi connectivity index (χ0) is 19.4. The second kappa shape index (κ2) is 8.13. The molecule has 1 unspecified atom stereocenters. The van der Waals surface area contributed by atoms with Gasteiger partial charge in [0.25, 0.3) is 5.91 Å². The molecule has 0 saturated heterocycles. The van der Waals surface area contributed by atoms with E-state index in [4.69, 9.17) is 0 Å². The van der Waals surface area contributed by atoms with Gasteiger partial charge in [-0.2, -0.15) is 0 Å². The number of aryl methyl sites for hydroxylation is 1. The lowest BCUT2D eigenvalue weighted by Gasteiger charge is -2.26. The van der Waals surface area contributed by atoms with E-state index >= 15 is 0 Å². The number of carboxylic acid groups (broad SMARTS) is 1. The summed E-state index contributed by atoms with van der Waals surface area (Å²) in [6.45, 7) is 6.78. The number of rotatable bonds is 7. The number of hydrogen-bond donors (Lipinski definition) is 2. The van der Waals surface area contributed by atoms with E-state index < -0.39 is 12.0 Å². The lowest BCUT2D eigenvalue weighted by atomic mass is 10.1. The smallest absolute Gasteiger partial charge is 0.326 e. The Kier molecular flexibility index (Phi) is 6.14. The highest BCUT2D eigenvalue weighted by atomic mass is 32.1. The maximum atomic E-state index is 13.0. The Morgan fingerprint density at radius 3 is 2.62 bits per heavy atom. The minimum atomic E-state index is -1.10. The molecule has 140 valence electrons. The van der Waals surface area contributed by atoms with Crippen molar-refractivity contribution in [3.63, 3.8) is 0 Å². The second-order valence-electron chi connectivity index (χ2n) is 5.93. The van der Waals surface area contributed by atoms with E-state index in [1.807, 2.05) is 16.9 Å². The summed E-state index contributed by atoms with van der Waals surface area (Å²) < 4.78 is 1.87. The van der Waals surface area contributed by atoms with Crippen LogP contribution in [0.4, 0.5) is 0 Å². The highest BCUT2D eigenvalue weighted by Gasteiger charge is 2.29. The quantitative estimate of drug-likeness (QED) is 0.761. The van der Waals surface area contributed by atoms with E-state index in [1.165, 1.54) is 30.1 Å².